The van der Waals surface area contributed by atoms with Crippen molar-refractivity contribution in [3.63, 3.8) is 0 Å². The molecule has 94 valence electrons. The van der Waals surface area contributed by atoms with Crippen LogP contribution in [0.4, 0.5) is 0 Å². The molecule has 0 bridgehead atoms. The molecule has 1 aliphatic heterocycles. The van der Waals surface area contributed by atoms with Crippen molar-refractivity contribution in [2.24, 2.45) is 0 Å². The molecule has 1 aromatic rings. The van der Waals surface area contributed by atoms with Gasteiger partial charge in [0.15, 0.2) is 0 Å². The minimum atomic E-state index is 0.234. The molecule has 0 spiro atoms. The number of nitrogens with one attached hydrogen (secondary N) is 1. The van der Waals surface area contributed by atoms with E-state index in [1.165, 1.54) is 18.4 Å². The Morgan fingerprint density at radius 2 is 2.29 bits per heavy atom. The number of benzene rings is 1. The van der Waals surface area contributed by atoms with Gasteiger partial charge in [0.1, 0.15) is 5.75 Å². The summed E-state index contributed by atoms with van der Waals surface area (Å²) in [5.41, 5.74) is 1.44. The van der Waals surface area contributed by atoms with Gasteiger partial charge in [-0.25, -0.2) is 0 Å². The normalized spacial score (nSPS) is 23.9. The number of halogens is 1. The predicted octanol–water partition coefficient (Wildman–Crippen LogP) is 3.42. The van der Waals surface area contributed by atoms with Crippen molar-refractivity contribution in [1.29, 1.82) is 0 Å². The van der Waals surface area contributed by atoms with Gasteiger partial charge in [0.05, 0.1) is 7.11 Å². The summed E-state index contributed by atoms with van der Waals surface area (Å²) < 4.78 is 5.41. The van der Waals surface area contributed by atoms with E-state index in [9.17, 15) is 0 Å². The fourth-order valence-corrected chi connectivity index (χ4v) is 2.89. The van der Waals surface area contributed by atoms with E-state index < -0.39 is 0 Å². The first-order chi connectivity index (χ1) is 8.19. The zero-order chi connectivity index (χ0) is 12.3. The largest absolute Gasteiger partial charge is 0.496 e. The lowest BCUT2D eigenvalue weighted by molar-refractivity contribution is 0.348. The van der Waals surface area contributed by atoms with Gasteiger partial charge < -0.3 is 10.1 Å². The van der Waals surface area contributed by atoms with Crippen molar-refractivity contribution in [3.05, 3.63) is 28.8 Å². The Hall–Kier alpha value is -0.730. The third-order valence-electron chi connectivity index (χ3n) is 3.78. The number of hydrogen-bond donors (Lipinski definition) is 1. The monoisotopic (exact) mass is 253 g/mol. The maximum absolute atomic E-state index is 6.07. The van der Waals surface area contributed by atoms with E-state index in [-0.39, 0.29) is 5.54 Å². The van der Waals surface area contributed by atoms with E-state index in [0.717, 1.165) is 30.2 Å². The van der Waals surface area contributed by atoms with Crippen LogP contribution in [0.2, 0.25) is 5.02 Å². The van der Waals surface area contributed by atoms with Crippen molar-refractivity contribution < 1.29 is 4.74 Å². The summed E-state index contributed by atoms with van der Waals surface area (Å²) in [6, 6.07) is 5.86. The van der Waals surface area contributed by atoms with Gasteiger partial charge in [0, 0.05) is 10.6 Å². The fourth-order valence-electron chi connectivity index (χ4n) is 2.70. The van der Waals surface area contributed by atoms with E-state index >= 15 is 0 Å². The molecule has 1 atom stereocenters. The van der Waals surface area contributed by atoms with Crippen LogP contribution >= 0.6 is 11.6 Å². The van der Waals surface area contributed by atoms with Crippen LogP contribution in [0.1, 0.15) is 31.7 Å². The topological polar surface area (TPSA) is 21.3 Å². The molecular weight excluding hydrogens is 234 g/mol. The maximum atomic E-state index is 6.07. The average molecular weight is 254 g/mol. The minimum absolute atomic E-state index is 0.234. The molecule has 1 saturated heterocycles. The highest BCUT2D eigenvalue weighted by Crippen LogP contribution is 2.32. The van der Waals surface area contributed by atoms with Gasteiger partial charge in [-0.05, 0) is 56.0 Å². The molecular formula is C14H20ClNO. The van der Waals surface area contributed by atoms with Crippen LogP contribution in [0.5, 0.6) is 5.75 Å². The van der Waals surface area contributed by atoms with Crippen LogP contribution in [0.15, 0.2) is 18.2 Å². The van der Waals surface area contributed by atoms with Gasteiger partial charge in [-0.3, -0.25) is 0 Å². The van der Waals surface area contributed by atoms with E-state index in [1.54, 1.807) is 7.11 Å². The first-order valence-corrected chi connectivity index (χ1v) is 6.64. The SMILES string of the molecule is CCC1(Cc2cc(Cl)ccc2OC)CCCN1. The highest BCUT2D eigenvalue weighted by Gasteiger charge is 2.32. The fraction of sp³-hybridized carbons (Fsp3) is 0.571. The molecule has 0 radical (unpaired) electrons. The molecule has 2 nitrogen and oxygen atoms in total. The summed E-state index contributed by atoms with van der Waals surface area (Å²) in [5.74, 6) is 0.941. The minimum Gasteiger partial charge on any atom is -0.496 e. The van der Waals surface area contributed by atoms with Crippen LogP contribution in [-0.2, 0) is 6.42 Å². The van der Waals surface area contributed by atoms with Gasteiger partial charge >= 0.3 is 0 Å². The molecule has 1 N–H and O–H groups in total. The van der Waals surface area contributed by atoms with Crippen LogP contribution in [0.3, 0.4) is 0 Å². The van der Waals surface area contributed by atoms with Crippen LogP contribution in [0.25, 0.3) is 0 Å². The molecule has 0 saturated carbocycles. The average Bonchev–Trinajstić information content (AvgIpc) is 2.79. The van der Waals surface area contributed by atoms with Crippen LogP contribution in [0, 0.1) is 0 Å². The summed E-state index contributed by atoms with van der Waals surface area (Å²) in [6.45, 7) is 3.37. The van der Waals surface area contributed by atoms with E-state index in [2.05, 4.69) is 12.2 Å². The summed E-state index contributed by atoms with van der Waals surface area (Å²) in [4.78, 5) is 0. The number of hydrogen-bond acceptors (Lipinski definition) is 2. The van der Waals surface area contributed by atoms with Crippen molar-refractivity contribution in [2.45, 2.75) is 38.1 Å². The second-order valence-electron chi connectivity index (χ2n) is 4.80. The Morgan fingerprint density at radius 3 is 2.88 bits per heavy atom. The Kier molecular flexibility index (Phi) is 3.95. The van der Waals surface area contributed by atoms with Gasteiger partial charge in [-0.1, -0.05) is 18.5 Å². The number of rotatable bonds is 4. The lowest BCUT2D eigenvalue weighted by Gasteiger charge is -2.29. The number of ether oxygens (including phenoxy) is 1. The second kappa shape index (κ2) is 5.28. The molecule has 1 heterocycles. The second-order valence-corrected chi connectivity index (χ2v) is 5.23. The third kappa shape index (κ3) is 2.75. The molecule has 0 amide bonds. The standard InChI is InChI=1S/C14H20ClNO/c1-3-14(7-4-8-16-14)10-11-9-12(15)5-6-13(11)17-2/h5-6,9,16H,3-4,7-8,10H2,1-2H3. The Bertz CT molecular complexity index is 386. The molecule has 1 aliphatic rings. The zero-order valence-corrected chi connectivity index (χ0v) is 11.3. The van der Waals surface area contributed by atoms with E-state index in [4.69, 9.17) is 16.3 Å². The van der Waals surface area contributed by atoms with E-state index in [0.29, 0.717) is 0 Å². The lowest BCUT2D eigenvalue weighted by atomic mass is 9.86. The summed E-state index contributed by atoms with van der Waals surface area (Å²) >= 11 is 6.07. The van der Waals surface area contributed by atoms with Crippen LogP contribution < -0.4 is 10.1 Å². The first kappa shape index (κ1) is 12.7. The van der Waals surface area contributed by atoms with Gasteiger partial charge in [-0.2, -0.15) is 0 Å². The van der Waals surface area contributed by atoms with E-state index in [1.807, 2.05) is 18.2 Å². The maximum Gasteiger partial charge on any atom is 0.122 e. The van der Waals surface area contributed by atoms with Crippen LogP contribution in [-0.4, -0.2) is 19.2 Å². The Balaban J connectivity index is 2.24. The van der Waals surface area contributed by atoms with Gasteiger partial charge in [0.2, 0.25) is 0 Å². The van der Waals surface area contributed by atoms with Gasteiger partial charge in [0.25, 0.3) is 0 Å². The highest BCUT2D eigenvalue weighted by atomic mass is 35.5. The molecule has 17 heavy (non-hydrogen) atoms. The third-order valence-corrected chi connectivity index (χ3v) is 4.02. The molecule has 0 aromatic heterocycles. The van der Waals surface area contributed by atoms with Gasteiger partial charge in [-0.15, -0.1) is 0 Å². The quantitative estimate of drug-likeness (QED) is 0.888. The lowest BCUT2D eigenvalue weighted by Crippen LogP contribution is -2.41. The molecule has 1 unspecified atom stereocenters. The molecule has 2 rings (SSSR count). The summed E-state index contributed by atoms with van der Waals surface area (Å²) in [5, 5.41) is 4.42. The summed E-state index contributed by atoms with van der Waals surface area (Å²) in [6.07, 6.45) is 4.63. The number of methoxy groups -OCH3 is 1. The van der Waals surface area contributed by atoms with Crippen molar-refractivity contribution in [1.82, 2.24) is 5.32 Å². The molecule has 1 fully saturated rings. The Labute approximate surface area is 108 Å². The predicted molar refractivity (Wildman–Crippen MR) is 72.0 cm³/mol. The smallest absolute Gasteiger partial charge is 0.122 e. The first-order valence-electron chi connectivity index (χ1n) is 6.26. The molecule has 3 heteroatoms. The Morgan fingerprint density at radius 1 is 1.47 bits per heavy atom. The summed E-state index contributed by atoms with van der Waals surface area (Å²) in [7, 11) is 1.72. The molecule has 1 aromatic carbocycles. The highest BCUT2D eigenvalue weighted by molar-refractivity contribution is 6.30. The zero-order valence-electron chi connectivity index (χ0n) is 10.6. The molecule has 0 aliphatic carbocycles. The van der Waals surface area contributed by atoms with Crippen molar-refractivity contribution in [3.8, 4) is 5.75 Å². The van der Waals surface area contributed by atoms with Crippen molar-refractivity contribution in [2.75, 3.05) is 13.7 Å². The van der Waals surface area contributed by atoms with Crippen molar-refractivity contribution >= 4 is 11.6 Å².